The molecule has 2 aromatic carbocycles. The fourth-order valence-corrected chi connectivity index (χ4v) is 4.00. The predicted molar refractivity (Wildman–Crippen MR) is 101 cm³/mol. The van der Waals surface area contributed by atoms with Crippen LogP contribution >= 0.6 is 0 Å². The number of carbonyl (C=O) groups is 1. The maximum atomic E-state index is 12.6. The van der Waals surface area contributed by atoms with Gasteiger partial charge in [-0.15, -0.1) is 0 Å². The first-order chi connectivity index (χ1) is 12.6. The molecule has 1 aliphatic rings. The molecule has 1 fully saturated rings. The van der Waals surface area contributed by atoms with Crippen molar-refractivity contribution in [2.24, 2.45) is 0 Å². The van der Waals surface area contributed by atoms with Crippen molar-refractivity contribution in [2.45, 2.75) is 39.3 Å². The summed E-state index contributed by atoms with van der Waals surface area (Å²) in [6.45, 7) is 5.53. The second kappa shape index (κ2) is 6.65. The molecular formula is C21H23NO4. The first kappa shape index (κ1) is 16.9. The Kier molecular flexibility index (Phi) is 4.32. The van der Waals surface area contributed by atoms with Crippen molar-refractivity contribution in [1.29, 1.82) is 0 Å². The molecule has 5 heteroatoms. The third-order valence-corrected chi connectivity index (χ3v) is 5.19. The molecule has 4 rings (SSSR count). The molecule has 0 spiro atoms. The molecule has 26 heavy (non-hydrogen) atoms. The third-order valence-electron chi connectivity index (χ3n) is 5.19. The van der Waals surface area contributed by atoms with E-state index in [0.717, 1.165) is 46.8 Å². The van der Waals surface area contributed by atoms with Crippen LogP contribution in [0.15, 0.2) is 30.3 Å². The van der Waals surface area contributed by atoms with Crippen LogP contribution < -0.4 is 0 Å². The summed E-state index contributed by atoms with van der Waals surface area (Å²) >= 11 is 0. The number of hydrogen-bond acceptors (Lipinski definition) is 4. The first-order valence-electron chi connectivity index (χ1n) is 9.14. The number of phenolic OH excluding ortho intramolecular Hbond substituents is 1. The van der Waals surface area contributed by atoms with Gasteiger partial charge >= 0.3 is 5.97 Å². The van der Waals surface area contributed by atoms with Gasteiger partial charge < -0.3 is 19.1 Å². The highest BCUT2D eigenvalue weighted by Gasteiger charge is 2.26. The summed E-state index contributed by atoms with van der Waals surface area (Å²) in [6, 6.07) is 9.41. The number of nitrogens with zero attached hydrogens (tertiary/aromatic N) is 1. The molecule has 3 aromatic rings. The zero-order valence-electron chi connectivity index (χ0n) is 15.1. The molecule has 0 aliphatic carbocycles. The molecule has 1 aliphatic heterocycles. The van der Waals surface area contributed by atoms with Gasteiger partial charge in [-0.1, -0.05) is 24.3 Å². The summed E-state index contributed by atoms with van der Waals surface area (Å²) in [5.41, 5.74) is 2.33. The van der Waals surface area contributed by atoms with Gasteiger partial charge in [-0.2, -0.15) is 0 Å². The highest BCUT2D eigenvalue weighted by Crippen LogP contribution is 2.38. The SMILES string of the molecule is CCOC(=O)c1c(C)n(C[C@H]2CCCO2)c2c1cc(O)c1ccccc12. The van der Waals surface area contributed by atoms with Gasteiger partial charge in [0.05, 0.1) is 23.8 Å². The largest absolute Gasteiger partial charge is 0.507 e. The minimum absolute atomic E-state index is 0.145. The van der Waals surface area contributed by atoms with E-state index in [4.69, 9.17) is 9.47 Å². The lowest BCUT2D eigenvalue weighted by Gasteiger charge is -2.15. The van der Waals surface area contributed by atoms with Crippen molar-refractivity contribution >= 4 is 27.6 Å². The Bertz CT molecular complexity index is 983. The molecule has 1 aromatic heterocycles. The maximum absolute atomic E-state index is 12.6. The minimum atomic E-state index is -0.351. The van der Waals surface area contributed by atoms with Crippen LogP contribution in [-0.4, -0.2) is 35.0 Å². The number of carbonyl (C=O) groups excluding carboxylic acids is 1. The van der Waals surface area contributed by atoms with Crippen molar-refractivity contribution in [2.75, 3.05) is 13.2 Å². The van der Waals surface area contributed by atoms with E-state index in [1.54, 1.807) is 13.0 Å². The van der Waals surface area contributed by atoms with Gasteiger partial charge in [-0.3, -0.25) is 0 Å². The monoisotopic (exact) mass is 353 g/mol. The standard InChI is InChI=1S/C21H23NO4/c1-3-25-21(24)19-13(2)22(12-14-7-6-10-26-14)20-16-9-5-4-8-15(16)18(23)11-17(19)20/h4-5,8-9,11,14,23H,3,6-7,10,12H2,1-2H3/t14-/m1/s1. The van der Waals surface area contributed by atoms with E-state index in [-0.39, 0.29) is 17.8 Å². The zero-order chi connectivity index (χ0) is 18.3. The number of rotatable bonds is 4. The Hall–Kier alpha value is -2.53. The van der Waals surface area contributed by atoms with Crippen molar-refractivity contribution in [3.8, 4) is 5.75 Å². The number of fused-ring (bicyclic) bond motifs is 3. The topological polar surface area (TPSA) is 60.7 Å². The number of aromatic hydroxyl groups is 1. The molecule has 0 unspecified atom stereocenters. The molecule has 0 saturated carbocycles. The highest BCUT2D eigenvalue weighted by molar-refractivity contribution is 6.16. The van der Waals surface area contributed by atoms with Gasteiger partial charge in [-0.05, 0) is 32.8 Å². The average molecular weight is 353 g/mol. The molecule has 1 atom stereocenters. The smallest absolute Gasteiger partial charge is 0.340 e. The van der Waals surface area contributed by atoms with Crippen LogP contribution in [-0.2, 0) is 16.0 Å². The second-order valence-electron chi connectivity index (χ2n) is 6.76. The lowest BCUT2D eigenvalue weighted by atomic mass is 10.0. The summed E-state index contributed by atoms with van der Waals surface area (Å²) in [7, 11) is 0. The molecule has 136 valence electrons. The van der Waals surface area contributed by atoms with Crippen LogP contribution in [0.5, 0.6) is 5.75 Å². The van der Waals surface area contributed by atoms with Crippen LogP contribution in [0.4, 0.5) is 0 Å². The van der Waals surface area contributed by atoms with Crippen LogP contribution in [0.2, 0.25) is 0 Å². The summed E-state index contributed by atoms with van der Waals surface area (Å²) in [5, 5.41) is 12.9. The van der Waals surface area contributed by atoms with Gasteiger partial charge in [0.1, 0.15) is 5.75 Å². The number of phenols is 1. The number of esters is 1. The van der Waals surface area contributed by atoms with Crippen molar-refractivity contribution in [3.05, 3.63) is 41.6 Å². The zero-order valence-corrected chi connectivity index (χ0v) is 15.1. The highest BCUT2D eigenvalue weighted by atomic mass is 16.5. The Morgan fingerprint density at radius 2 is 2.08 bits per heavy atom. The van der Waals surface area contributed by atoms with Crippen LogP contribution in [0.3, 0.4) is 0 Å². The maximum Gasteiger partial charge on any atom is 0.340 e. The van der Waals surface area contributed by atoms with Crippen LogP contribution in [0, 0.1) is 6.92 Å². The lowest BCUT2D eigenvalue weighted by Crippen LogP contribution is -2.16. The molecular weight excluding hydrogens is 330 g/mol. The average Bonchev–Trinajstić information content (AvgIpc) is 3.23. The number of hydrogen-bond donors (Lipinski definition) is 1. The van der Waals surface area contributed by atoms with Gasteiger partial charge in [0, 0.05) is 35.0 Å². The predicted octanol–water partition coefficient (Wildman–Crippen LogP) is 4.16. The van der Waals surface area contributed by atoms with E-state index in [0.29, 0.717) is 18.7 Å². The molecule has 0 bridgehead atoms. The third kappa shape index (κ3) is 2.63. The van der Waals surface area contributed by atoms with Crippen LogP contribution in [0.25, 0.3) is 21.7 Å². The molecule has 1 saturated heterocycles. The Labute approximate surface area is 152 Å². The van der Waals surface area contributed by atoms with Gasteiger partial charge in [-0.25, -0.2) is 4.79 Å². The summed E-state index contributed by atoms with van der Waals surface area (Å²) in [4.78, 5) is 12.6. The van der Waals surface area contributed by atoms with E-state index in [1.165, 1.54) is 0 Å². The van der Waals surface area contributed by atoms with Gasteiger partial charge in [0.25, 0.3) is 0 Å². The lowest BCUT2D eigenvalue weighted by molar-refractivity contribution is 0.0526. The molecule has 2 heterocycles. The Balaban J connectivity index is 2.02. The first-order valence-corrected chi connectivity index (χ1v) is 9.14. The van der Waals surface area contributed by atoms with Crippen molar-refractivity contribution < 1.29 is 19.4 Å². The quantitative estimate of drug-likeness (QED) is 0.715. The van der Waals surface area contributed by atoms with E-state index < -0.39 is 0 Å². The summed E-state index contributed by atoms with van der Waals surface area (Å²) in [5.74, 6) is -0.177. The molecule has 5 nitrogen and oxygen atoms in total. The fraction of sp³-hybridized carbons (Fsp3) is 0.381. The fourth-order valence-electron chi connectivity index (χ4n) is 4.00. The van der Waals surface area contributed by atoms with E-state index in [9.17, 15) is 9.90 Å². The van der Waals surface area contributed by atoms with Gasteiger partial charge in [0.15, 0.2) is 0 Å². The molecule has 0 amide bonds. The molecule has 1 N–H and O–H groups in total. The molecule has 0 radical (unpaired) electrons. The van der Waals surface area contributed by atoms with E-state index >= 15 is 0 Å². The van der Waals surface area contributed by atoms with Gasteiger partial charge in [0.2, 0.25) is 0 Å². The van der Waals surface area contributed by atoms with Crippen molar-refractivity contribution in [1.82, 2.24) is 4.57 Å². The summed E-state index contributed by atoms with van der Waals surface area (Å²) in [6.07, 6.45) is 2.23. The normalized spacial score (nSPS) is 17.2. The van der Waals surface area contributed by atoms with Crippen LogP contribution in [0.1, 0.15) is 35.8 Å². The summed E-state index contributed by atoms with van der Waals surface area (Å²) < 4.78 is 13.3. The number of ether oxygens (including phenoxy) is 2. The van der Waals surface area contributed by atoms with E-state index in [2.05, 4.69) is 4.57 Å². The Morgan fingerprint density at radius 3 is 2.77 bits per heavy atom. The van der Waals surface area contributed by atoms with Crippen molar-refractivity contribution in [3.63, 3.8) is 0 Å². The number of benzene rings is 2. The number of aromatic nitrogens is 1. The Morgan fingerprint density at radius 1 is 1.31 bits per heavy atom. The second-order valence-corrected chi connectivity index (χ2v) is 6.76. The minimum Gasteiger partial charge on any atom is -0.507 e. The van der Waals surface area contributed by atoms with E-state index in [1.807, 2.05) is 31.2 Å².